The number of thiophene rings is 1. The number of nitrogens with one attached hydrogen (secondary N) is 1. The molecule has 0 spiro atoms. The van der Waals surface area contributed by atoms with Gasteiger partial charge in [-0.15, -0.1) is 11.3 Å². The van der Waals surface area contributed by atoms with E-state index in [1.807, 2.05) is 6.92 Å². The van der Waals surface area contributed by atoms with E-state index in [-0.39, 0.29) is 10.6 Å². The van der Waals surface area contributed by atoms with Gasteiger partial charge in [-0.3, -0.25) is 0 Å². The summed E-state index contributed by atoms with van der Waals surface area (Å²) in [6, 6.07) is 1.67. The highest BCUT2D eigenvalue weighted by molar-refractivity contribution is 7.18. The molecule has 0 aliphatic rings. The Hall–Kier alpha value is -1.51. The molecular formula is C13H14F5N3S. The van der Waals surface area contributed by atoms with Crippen LogP contribution in [0, 0.1) is 6.92 Å². The van der Waals surface area contributed by atoms with Crippen LogP contribution in [0.3, 0.4) is 0 Å². The maximum Gasteiger partial charge on any atom is 0.461 e. The number of anilines is 1. The Kier molecular flexibility index (Phi) is 4.55. The van der Waals surface area contributed by atoms with Crippen LogP contribution in [-0.2, 0) is 5.92 Å². The number of hydrogen-bond acceptors (Lipinski definition) is 4. The number of unbranched alkanes of at least 4 members (excludes halogenated alkanes) is 1. The molecular weight excluding hydrogens is 325 g/mol. The van der Waals surface area contributed by atoms with Crippen molar-refractivity contribution < 1.29 is 22.0 Å². The minimum atomic E-state index is -5.73. The van der Waals surface area contributed by atoms with E-state index in [1.165, 1.54) is 0 Å². The van der Waals surface area contributed by atoms with Crippen LogP contribution >= 0.6 is 11.3 Å². The van der Waals surface area contributed by atoms with Gasteiger partial charge in [-0.2, -0.15) is 22.0 Å². The zero-order valence-corrected chi connectivity index (χ0v) is 12.7. The molecule has 0 saturated carbocycles. The quantitative estimate of drug-likeness (QED) is 0.624. The summed E-state index contributed by atoms with van der Waals surface area (Å²) in [6.45, 7) is 4.10. The van der Waals surface area contributed by atoms with Crippen LogP contribution in [-0.4, -0.2) is 22.7 Å². The van der Waals surface area contributed by atoms with Crippen molar-refractivity contribution in [1.29, 1.82) is 0 Å². The van der Waals surface area contributed by atoms with Crippen LogP contribution in [0.15, 0.2) is 6.07 Å². The van der Waals surface area contributed by atoms with Crippen molar-refractivity contribution in [1.82, 2.24) is 9.97 Å². The fraction of sp³-hybridized carbons (Fsp3) is 0.538. The van der Waals surface area contributed by atoms with E-state index in [0.29, 0.717) is 11.9 Å². The van der Waals surface area contributed by atoms with Gasteiger partial charge in [0.1, 0.15) is 10.6 Å². The van der Waals surface area contributed by atoms with Gasteiger partial charge in [0.25, 0.3) is 0 Å². The van der Waals surface area contributed by atoms with Crippen molar-refractivity contribution in [3.63, 3.8) is 0 Å². The second kappa shape index (κ2) is 5.94. The van der Waals surface area contributed by atoms with E-state index < -0.39 is 17.9 Å². The van der Waals surface area contributed by atoms with E-state index in [0.717, 1.165) is 29.1 Å². The number of alkyl halides is 5. The lowest BCUT2D eigenvalue weighted by Gasteiger charge is -2.19. The van der Waals surface area contributed by atoms with Gasteiger partial charge in [-0.25, -0.2) is 9.97 Å². The number of halogens is 5. The number of aryl methyl sites for hydroxylation is 1. The fourth-order valence-corrected chi connectivity index (χ4v) is 2.71. The van der Waals surface area contributed by atoms with Gasteiger partial charge >= 0.3 is 12.1 Å². The summed E-state index contributed by atoms with van der Waals surface area (Å²) in [5.74, 6) is -6.59. The zero-order valence-electron chi connectivity index (χ0n) is 11.9. The molecule has 0 fully saturated rings. The third-order valence-electron chi connectivity index (χ3n) is 2.98. The van der Waals surface area contributed by atoms with Gasteiger partial charge in [0, 0.05) is 11.4 Å². The lowest BCUT2D eigenvalue weighted by molar-refractivity contribution is -0.292. The molecule has 22 heavy (non-hydrogen) atoms. The first-order valence-corrected chi connectivity index (χ1v) is 7.45. The molecule has 0 aliphatic carbocycles. The number of aromatic nitrogens is 2. The predicted molar refractivity (Wildman–Crippen MR) is 75.5 cm³/mol. The molecule has 2 aromatic heterocycles. The largest absolute Gasteiger partial charge is 0.461 e. The Balaban J connectivity index is 2.52. The van der Waals surface area contributed by atoms with Crippen molar-refractivity contribution >= 4 is 27.4 Å². The Labute approximate surface area is 127 Å². The molecule has 3 nitrogen and oxygen atoms in total. The zero-order chi connectivity index (χ0) is 16.5. The third-order valence-corrected chi connectivity index (χ3v) is 3.92. The Morgan fingerprint density at radius 3 is 2.45 bits per heavy atom. The second-order valence-electron chi connectivity index (χ2n) is 4.82. The fourth-order valence-electron chi connectivity index (χ4n) is 1.83. The van der Waals surface area contributed by atoms with Crippen molar-refractivity contribution in [2.24, 2.45) is 0 Å². The lowest BCUT2D eigenvalue weighted by atomic mass is 10.2. The van der Waals surface area contributed by atoms with E-state index in [2.05, 4.69) is 15.3 Å². The van der Waals surface area contributed by atoms with E-state index in [1.54, 1.807) is 13.0 Å². The van der Waals surface area contributed by atoms with Gasteiger partial charge in [0.05, 0.1) is 5.39 Å². The average Bonchev–Trinajstić information content (AvgIpc) is 2.78. The number of rotatable bonds is 5. The maximum atomic E-state index is 13.5. The molecule has 0 bridgehead atoms. The predicted octanol–water partition coefficient (Wildman–Crippen LogP) is 4.87. The molecule has 2 heterocycles. The monoisotopic (exact) mass is 339 g/mol. The van der Waals surface area contributed by atoms with Crippen molar-refractivity contribution in [3.8, 4) is 0 Å². The first-order chi connectivity index (χ1) is 10.2. The summed E-state index contributed by atoms with van der Waals surface area (Å²) < 4.78 is 64.5. The van der Waals surface area contributed by atoms with Crippen molar-refractivity contribution in [2.75, 3.05) is 11.9 Å². The van der Waals surface area contributed by atoms with Crippen LogP contribution in [0.2, 0.25) is 0 Å². The summed E-state index contributed by atoms with van der Waals surface area (Å²) in [5.41, 5.74) is 0. The first kappa shape index (κ1) is 16.9. The summed E-state index contributed by atoms with van der Waals surface area (Å²) in [5, 5.41) is 3.28. The molecule has 0 atom stereocenters. The molecule has 0 aromatic carbocycles. The minimum Gasteiger partial charge on any atom is -0.369 e. The molecule has 0 aliphatic heterocycles. The normalized spacial score (nSPS) is 12.9. The summed E-state index contributed by atoms with van der Waals surface area (Å²) >= 11 is 1.05. The lowest BCUT2D eigenvalue weighted by Crippen LogP contribution is -2.35. The SMILES string of the molecule is CCCCNc1nc(C(F)(F)C(F)(F)F)nc2sc(C)cc12. The Morgan fingerprint density at radius 2 is 1.86 bits per heavy atom. The van der Waals surface area contributed by atoms with Crippen LogP contribution in [0.5, 0.6) is 0 Å². The van der Waals surface area contributed by atoms with Crippen molar-refractivity contribution in [2.45, 2.75) is 38.8 Å². The highest BCUT2D eigenvalue weighted by Crippen LogP contribution is 2.43. The topological polar surface area (TPSA) is 37.8 Å². The standard InChI is InChI=1S/C13H14F5N3S/c1-3-4-5-19-9-8-6-7(2)22-10(8)21-11(20-9)12(14,15)13(16,17)18/h6H,3-5H2,1-2H3,(H,19,20,21). The molecule has 0 radical (unpaired) electrons. The van der Waals surface area contributed by atoms with Gasteiger partial charge < -0.3 is 5.32 Å². The summed E-state index contributed by atoms with van der Waals surface area (Å²) in [7, 11) is 0. The summed E-state index contributed by atoms with van der Waals surface area (Å²) in [4.78, 5) is 7.73. The van der Waals surface area contributed by atoms with Crippen LogP contribution in [0.1, 0.15) is 30.5 Å². The van der Waals surface area contributed by atoms with Gasteiger partial charge in [0.15, 0.2) is 0 Å². The van der Waals surface area contributed by atoms with Crippen LogP contribution < -0.4 is 5.32 Å². The molecule has 0 saturated heterocycles. The number of fused-ring (bicyclic) bond motifs is 1. The Bertz CT molecular complexity index is 665. The second-order valence-corrected chi connectivity index (χ2v) is 6.06. The third kappa shape index (κ3) is 3.13. The number of hydrogen-bond donors (Lipinski definition) is 1. The van der Waals surface area contributed by atoms with Gasteiger partial charge in [-0.1, -0.05) is 13.3 Å². The average molecular weight is 339 g/mol. The van der Waals surface area contributed by atoms with Crippen LogP contribution in [0.25, 0.3) is 10.2 Å². The van der Waals surface area contributed by atoms with Crippen molar-refractivity contribution in [3.05, 3.63) is 16.8 Å². The van der Waals surface area contributed by atoms with E-state index >= 15 is 0 Å². The molecule has 2 aromatic rings. The molecule has 122 valence electrons. The highest BCUT2D eigenvalue weighted by Gasteiger charge is 2.61. The molecule has 2 rings (SSSR count). The maximum absolute atomic E-state index is 13.5. The summed E-state index contributed by atoms with van der Waals surface area (Å²) in [6.07, 6.45) is -4.12. The Morgan fingerprint density at radius 1 is 1.18 bits per heavy atom. The first-order valence-electron chi connectivity index (χ1n) is 6.64. The van der Waals surface area contributed by atoms with Gasteiger partial charge in [-0.05, 0) is 19.4 Å². The van der Waals surface area contributed by atoms with Crippen LogP contribution in [0.4, 0.5) is 27.8 Å². The molecule has 0 amide bonds. The van der Waals surface area contributed by atoms with E-state index in [4.69, 9.17) is 0 Å². The number of nitrogens with zero attached hydrogens (tertiary/aromatic N) is 2. The van der Waals surface area contributed by atoms with Gasteiger partial charge in [0.2, 0.25) is 5.82 Å². The smallest absolute Gasteiger partial charge is 0.369 e. The minimum absolute atomic E-state index is 0.0155. The van der Waals surface area contributed by atoms with E-state index in [9.17, 15) is 22.0 Å². The highest BCUT2D eigenvalue weighted by atomic mass is 32.1. The molecule has 0 unspecified atom stereocenters. The molecule has 9 heteroatoms. The molecule has 1 N–H and O–H groups in total.